The van der Waals surface area contributed by atoms with Crippen LogP contribution in [0.25, 0.3) is 11.0 Å². The number of imidazole rings is 1. The van der Waals surface area contributed by atoms with Gasteiger partial charge in [-0.05, 0) is 35.9 Å². The van der Waals surface area contributed by atoms with Gasteiger partial charge < -0.3 is 14.5 Å². The molecule has 0 aliphatic heterocycles. The SMILES string of the molecule is COC(=O)Nc1nc2ccc(S(=O)(=O)NCc3ccc(OC)cc3)cc2[nH]1. The van der Waals surface area contributed by atoms with Crippen LogP contribution < -0.4 is 14.8 Å². The van der Waals surface area contributed by atoms with Gasteiger partial charge in [0.2, 0.25) is 16.0 Å². The third-order valence-electron chi connectivity index (χ3n) is 3.79. The number of aromatic amines is 1. The number of hydrogen-bond donors (Lipinski definition) is 3. The number of fused-ring (bicyclic) bond motifs is 1. The maximum atomic E-state index is 12.5. The minimum absolute atomic E-state index is 0.0804. The van der Waals surface area contributed by atoms with Crippen molar-refractivity contribution >= 4 is 33.1 Å². The first-order chi connectivity index (χ1) is 12.9. The first kappa shape index (κ1) is 18.7. The van der Waals surface area contributed by atoms with Gasteiger partial charge in [0.25, 0.3) is 0 Å². The Morgan fingerprint density at radius 1 is 1.15 bits per heavy atom. The normalized spacial score (nSPS) is 11.3. The molecule has 0 saturated heterocycles. The van der Waals surface area contributed by atoms with E-state index in [1.54, 1.807) is 37.4 Å². The summed E-state index contributed by atoms with van der Waals surface area (Å²) in [5.74, 6) is 0.861. The molecule has 0 saturated carbocycles. The summed E-state index contributed by atoms with van der Waals surface area (Å²) in [6, 6.07) is 11.5. The van der Waals surface area contributed by atoms with E-state index in [2.05, 4.69) is 24.7 Å². The molecule has 142 valence electrons. The topological polar surface area (TPSA) is 122 Å². The predicted octanol–water partition coefficient (Wildman–Crippen LogP) is 2.23. The molecule has 0 aliphatic rings. The Morgan fingerprint density at radius 3 is 2.56 bits per heavy atom. The zero-order chi connectivity index (χ0) is 19.4. The molecule has 3 aromatic rings. The molecule has 1 heterocycles. The van der Waals surface area contributed by atoms with Crippen LogP contribution in [0.3, 0.4) is 0 Å². The van der Waals surface area contributed by atoms with Crippen molar-refractivity contribution in [2.75, 3.05) is 19.5 Å². The third kappa shape index (κ3) is 4.36. The molecule has 27 heavy (non-hydrogen) atoms. The van der Waals surface area contributed by atoms with E-state index in [4.69, 9.17) is 4.74 Å². The number of ether oxygens (including phenoxy) is 2. The molecular weight excluding hydrogens is 372 g/mol. The number of aromatic nitrogens is 2. The average molecular weight is 390 g/mol. The Balaban J connectivity index is 1.76. The van der Waals surface area contributed by atoms with Gasteiger partial charge in [0.15, 0.2) is 0 Å². The predicted molar refractivity (Wildman–Crippen MR) is 99.1 cm³/mol. The highest BCUT2D eigenvalue weighted by atomic mass is 32.2. The summed E-state index contributed by atoms with van der Waals surface area (Å²) in [5, 5.41) is 2.39. The van der Waals surface area contributed by atoms with Crippen molar-refractivity contribution in [1.29, 1.82) is 0 Å². The highest BCUT2D eigenvalue weighted by Gasteiger charge is 2.16. The largest absolute Gasteiger partial charge is 0.497 e. The van der Waals surface area contributed by atoms with Crippen molar-refractivity contribution in [3.8, 4) is 5.75 Å². The molecule has 0 unspecified atom stereocenters. The number of nitrogens with zero attached hydrogens (tertiary/aromatic N) is 1. The minimum Gasteiger partial charge on any atom is -0.497 e. The lowest BCUT2D eigenvalue weighted by Crippen LogP contribution is -2.23. The molecule has 0 bridgehead atoms. The number of benzene rings is 2. The van der Waals surface area contributed by atoms with E-state index < -0.39 is 16.1 Å². The summed E-state index contributed by atoms with van der Waals surface area (Å²) < 4.78 is 37.2. The van der Waals surface area contributed by atoms with Crippen LogP contribution in [0.2, 0.25) is 0 Å². The molecule has 1 aromatic heterocycles. The summed E-state index contributed by atoms with van der Waals surface area (Å²) in [6.07, 6.45) is -0.678. The second-order valence-corrected chi connectivity index (χ2v) is 7.32. The van der Waals surface area contributed by atoms with Gasteiger partial charge in [-0.1, -0.05) is 12.1 Å². The summed E-state index contributed by atoms with van der Waals surface area (Å²) in [6.45, 7) is 0.141. The van der Waals surface area contributed by atoms with E-state index in [0.29, 0.717) is 16.8 Å². The maximum absolute atomic E-state index is 12.5. The first-order valence-electron chi connectivity index (χ1n) is 7.88. The lowest BCUT2D eigenvalue weighted by Gasteiger charge is -2.07. The van der Waals surface area contributed by atoms with Crippen LogP contribution in [-0.4, -0.2) is 38.7 Å². The molecule has 0 fully saturated rings. The van der Waals surface area contributed by atoms with Gasteiger partial charge >= 0.3 is 6.09 Å². The van der Waals surface area contributed by atoms with Gasteiger partial charge in [0.05, 0.1) is 30.1 Å². The van der Waals surface area contributed by atoms with Crippen LogP contribution in [-0.2, 0) is 21.3 Å². The van der Waals surface area contributed by atoms with E-state index >= 15 is 0 Å². The molecule has 0 radical (unpaired) electrons. The second kappa shape index (κ2) is 7.64. The fourth-order valence-electron chi connectivity index (χ4n) is 2.37. The smallest absolute Gasteiger partial charge is 0.413 e. The van der Waals surface area contributed by atoms with E-state index in [1.807, 2.05) is 0 Å². The quantitative estimate of drug-likeness (QED) is 0.593. The van der Waals surface area contributed by atoms with Crippen LogP contribution in [0, 0.1) is 0 Å². The molecule has 0 aliphatic carbocycles. The van der Waals surface area contributed by atoms with Gasteiger partial charge in [0, 0.05) is 6.54 Å². The number of methoxy groups -OCH3 is 2. The molecule has 3 N–H and O–H groups in total. The van der Waals surface area contributed by atoms with E-state index in [0.717, 1.165) is 5.56 Å². The minimum atomic E-state index is -3.73. The number of carbonyl (C=O) groups excluding carboxylic acids is 1. The highest BCUT2D eigenvalue weighted by Crippen LogP contribution is 2.20. The number of anilines is 1. The summed E-state index contributed by atoms with van der Waals surface area (Å²) in [5.41, 5.74) is 1.77. The highest BCUT2D eigenvalue weighted by molar-refractivity contribution is 7.89. The summed E-state index contributed by atoms with van der Waals surface area (Å²) in [4.78, 5) is 18.3. The van der Waals surface area contributed by atoms with Gasteiger partial charge in [-0.15, -0.1) is 0 Å². The molecule has 3 rings (SSSR count). The lowest BCUT2D eigenvalue weighted by atomic mass is 10.2. The second-order valence-electron chi connectivity index (χ2n) is 5.55. The first-order valence-corrected chi connectivity index (χ1v) is 9.37. The van der Waals surface area contributed by atoms with Gasteiger partial charge in [-0.2, -0.15) is 0 Å². The van der Waals surface area contributed by atoms with Crippen LogP contribution in [0.15, 0.2) is 47.4 Å². The van der Waals surface area contributed by atoms with Gasteiger partial charge in [-0.25, -0.2) is 22.9 Å². The van der Waals surface area contributed by atoms with Crippen molar-refractivity contribution in [1.82, 2.24) is 14.7 Å². The van der Waals surface area contributed by atoms with Crippen LogP contribution in [0.5, 0.6) is 5.75 Å². The molecule has 0 spiro atoms. The van der Waals surface area contributed by atoms with Crippen molar-refractivity contribution in [3.05, 3.63) is 48.0 Å². The van der Waals surface area contributed by atoms with Gasteiger partial charge in [0.1, 0.15) is 5.75 Å². The fourth-order valence-corrected chi connectivity index (χ4v) is 3.41. The zero-order valence-corrected chi connectivity index (χ0v) is 15.5. The van der Waals surface area contributed by atoms with Gasteiger partial charge in [-0.3, -0.25) is 5.32 Å². The summed E-state index contributed by atoms with van der Waals surface area (Å²) >= 11 is 0. The lowest BCUT2D eigenvalue weighted by molar-refractivity contribution is 0.186. The Labute approximate surface area is 155 Å². The van der Waals surface area contributed by atoms with E-state index in [1.165, 1.54) is 19.2 Å². The number of hydrogen-bond acceptors (Lipinski definition) is 6. The fraction of sp³-hybridized carbons (Fsp3) is 0.176. The Kier molecular flexibility index (Phi) is 5.28. The number of amides is 1. The molecule has 9 nitrogen and oxygen atoms in total. The van der Waals surface area contributed by atoms with Crippen molar-refractivity contribution in [3.63, 3.8) is 0 Å². The third-order valence-corrected chi connectivity index (χ3v) is 5.19. The number of H-pyrrole nitrogens is 1. The molecule has 2 aromatic carbocycles. The van der Waals surface area contributed by atoms with Crippen molar-refractivity contribution in [2.24, 2.45) is 0 Å². The van der Waals surface area contributed by atoms with Crippen LogP contribution >= 0.6 is 0 Å². The van der Waals surface area contributed by atoms with Crippen LogP contribution in [0.4, 0.5) is 10.7 Å². The Hall–Kier alpha value is -3.11. The molecule has 10 heteroatoms. The maximum Gasteiger partial charge on any atom is 0.413 e. The monoisotopic (exact) mass is 390 g/mol. The number of nitrogens with one attached hydrogen (secondary N) is 3. The number of sulfonamides is 1. The average Bonchev–Trinajstić information content (AvgIpc) is 3.08. The number of rotatable bonds is 6. The standard InChI is InChI=1S/C17H18N4O5S/c1-25-12-5-3-11(4-6-12)10-18-27(23,24)13-7-8-14-15(9-13)20-16(19-14)21-17(22)26-2/h3-9,18H,10H2,1-2H3,(H2,19,20,21,22). The zero-order valence-electron chi connectivity index (χ0n) is 14.6. The van der Waals surface area contributed by atoms with Crippen molar-refractivity contribution in [2.45, 2.75) is 11.4 Å². The molecule has 0 atom stereocenters. The van der Waals surface area contributed by atoms with Crippen molar-refractivity contribution < 1.29 is 22.7 Å². The Morgan fingerprint density at radius 2 is 1.89 bits per heavy atom. The molecular formula is C17H18N4O5S. The Bertz CT molecular complexity index is 1060. The summed E-state index contributed by atoms with van der Waals surface area (Å²) in [7, 11) is -0.927. The number of carbonyl (C=O) groups is 1. The van der Waals surface area contributed by atoms with Crippen LogP contribution in [0.1, 0.15) is 5.56 Å². The molecule has 1 amide bonds. The van der Waals surface area contributed by atoms with E-state index in [9.17, 15) is 13.2 Å². The van der Waals surface area contributed by atoms with E-state index in [-0.39, 0.29) is 17.4 Å².